The molecule has 4 fully saturated rings. The molecule has 19 heavy (non-hydrogen) atoms. The Hall–Kier alpha value is -0.745. The second-order valence-corrected chi connectivity index (χ2v) is 7.71. The lowest BCUT2D eigenvalue weighted by atomic mass is 9.22. The van der Waals surface area contributed by atoms with E-state index < -0.39 is 12.7 Å². The molecule has 1 aliphatic heterocycles. The van der Waals surface area contributed by atoms with E-state index in [1.54, 1.807) is 4.90 Å². The van der Waals surface area contributed by atoms with Gasteiger partial charge in [0.15, 0.2) is 0 Å². The minimum Gasteiger partial charge on any atom is -0.444 e. The number of carbonyl (C=O) groups excluding carboxylic acids is 1. The van der Waals surface area contributed by atoms with E-state index in [0.29, 0.717) is 5.92 Å². The Bertz CT molecular complexity index is 392. The Balaban J connectivity index is 1.47. The van der Waals surface area contributed by atoms with Gasteiger partial charge in [-0.2, -0.15) is 0 Å². The minimum absolute atomic E-state index is 0.216. The van der Waals surface area contributed by atoms with Gasteiger partial charge >= 0.3 is 13.2 Å². The van der Waals surface area contributed by atoms with E-state index in [4.69, 9.17) is 4.74 Å². The van der Waals surface area contributed by atoms with E-state index in [1.165, 1.54) is 0 Å². The summed E-state index contributed by atoms with van der Waals surface area (Å²) in [5, 5.41) is 18.4. The molecule has 4 rings (SSSR count). The van der Waals surface area contributed by atoms with E-state index in [1.807, 2.05) is 20.8 Å². The number of ether oxygens (including phenoxy) is 1. The van der Waals surface area contributed by atoms with Crippen molar-refractivity contribution in [2.24, 2.45) is 11.3 Å². The zero-order valence-electron chi connectivity index (χ0n) is 11.8. The van der Waals surface area contributed by atoms with Gasteiger partial charge in [-0.05, 0) is 51.4 Å². The van der Waals surface area contributed by atoms with E-state index in [9.17, 15) is 14.8 Å². The standard InChI is InChI=1S/C13H22BNO4/c1-11(2,3)19-10(16)15-4-9(5-15)12-6-13(7-12,8-12)14(17)18/h9,17-18H,4-8H2,1-3H3. The van der Waals surface area contributed by atoms with Gasteiger partial charge in [-0.15, -0.1) is 0 Å². The van der Waals surface area contributed by atoms with Gasteiger partial charge in [-0.1, -0.05) is 0 Å². The maximum Gasteiger partial charge on any atom is 0.458 e. The monoisotopic (exact) mass is 267 g/mol. The van der Waals surface area contributed by atoms with Crippen LogP contribution in [0, 0.1) is 11.3 Å². The van der Waals surface area contributed by atoms with Gasteiger partial charge in [-0.25, -0.2) is 4.79 Å². The second-order valence-electron chi connectivity index (χ2n) is 7.71. The first-order valence-corrected chi connectivity index (χ1v) is 7.00. The van der Waals surface area contributed by atoms with Crippen molar-refractivity contribution in [3.8, 4) is 0 Å². The van der Waals surface area contributed by atoms with Gasteiger partial charge in [0.05, 0.1) is 0 Å². The Kier molecular flexibility index (Phi) is 2.56. The van der Waals surface area contributed by atoms with Crippen LogP contribution in [0.5, 0.6) is 0 Å². The van der Waals surface area contributed by atoms with Crippen molar-refractivity contribution in [1.82, 2.24) is 4.90 Å². The van der Waals surface area contributed by atoms with Crippen LogP contribution < -0.4 is 0 Å². The molecule has 0 unspecified atom stereocenters. The third-order valence-corrected chi connectivity index (χ3v) is 5.06. The summed E-state index contributed by atoms with van der Waals surface area (Å²) in [7, 11) is -1.17. The summed E-state index contributed by atoms with van der Waals surface area (Å²) in [5.41, 5.74) is -0.161. The minimum atomic E-state index is -1.17. The van der Waals surface area contributed by atoms with Crippen molar-refractivity contribution in [1.29, 1.82) is 0 Å². The molecule has 2 N–H and O–H groups in total. The van der Waals surface area contributed by atoms with Crippen molar-refractivity contribution >= 4 is 13.2 Å². The SMILES string of the molecule is CC(C)(C)OC(=O)N1CC(C23CC(B(O)O)(C2)C3)C1. The van der Waals surface area contributed by atoms with E-state index >= 15 is 0 Å². The molecule has 0 spiro atoms. The van der Waals surface area contributed by atoms with E-state index in [-0.39, 0.29) is 16.8 Å². The van der Waals surface area contributed by atoms with Gasteiger partial charge < -0.3 is 19.7 Å². The van der Waals surface area contributed by atoms with Crippen LogP contribution in [0.2, 0.25) is 5.31 Å². The van der Waals surface area contributed by atoms with Crippen LogP contribution in [0.3, 0.4) is 0 Å². The van der Waals surface area contributed by atoms with Gasteiger partial charge in [0, 0.05) is 18.4 Å². The van der Waals surface area contributed by atoms with Crippen LogP contribution in [-0.2, 0) is 4.74 Å². The Labute approximate surface area is 114 Å². The van der Waals surface area contributed by atoms with Gasteiger partial charge in [0.2, 0.25) is 0 Å². The highest BCUT2D eigenvalue weighted by Crippen LogP contribution is 2.82. The van der Waals surface area contributed by atoms with Crippen molar-refractivity contribution in [3.63, 3.8) is 0 Å². The molecule has 0 aromatic heterocycles. The highest BCUT2D eigenvalue weighted by molar-refractivity contribution is 6.46. The molecule has 3 saturated carbocycles. The third-order valence-electron chi connectivity index (χ3n) is 5.06. The van der Waals surface area contributed by atoms with Gasteiger partial charge in [0.1, 0.15) is 5.60 Å². The quantitative estimate of drug-likeness (QED) is 0.739. The van der Waals surface area contributed by atoms with Gasteiger partial charge in [-0.3, -0.25) is 0 Å². The predicted molar refractivity (Wildman–Crippen MR) is 70.5 cm³/mol. The molecule has 0 aromatic carbocycles. The zero-order valence-corrected chi connectivity index (χ0v) is 11.8. The summed E-state index contributed by atoms with van der Waals surface area (Å²) in [6.07, 6.45) is 2.49. The molecule has 4 aliphatic rings. The number of hydrogen-bond donors (Lipinski definition) is 2. The van der Waals surface area contributed by atoms with E-state index in [0.717, 1.165) is 32.4 Å². The second kappa shape index (κ2) is 3.67. The maximum absolute atomic E-state index is 11.8. The number of nitrogens with zero attached hydrogens (tertiary/aromatic N) is 1. The molecule has 0 aromatic rings. The Morgan fingerprint density at radius 2 is 1.79 bits per heavy atom. The predicted octanol–water partition coefficient (Wildman–Crippen LogP) is 1.25. The fourth-order valence-corrected chi connectivity index (χ4v) is 4.00. The van der Waals surface area contributed by atoms with Crippen molar-refractivity contribution in [2.75, 3.05) is 13.1 Å². The molecule has 2 bridgehead atoms. The summed E-state index contributed by atoms with van der Waals surface area (Å²) >= 11 is 0. The summed E-state index contributed by atoms with van der Waals surface area (Å²) in [6.45, 7) is 7.13. The first-order chi connectivity index (χ1) is 8.66. The number of amides is 1. The van der Waals surface area contributed by atoms with Crippen molar-refractivity contribution < 1.29 is 19.6 Å². The van der Waals surface area contributed by atoms with Crippen LogP contribution in [0.25, 0.3) is 0 Å². The molecule has 106 valence electrons. The van der Waals surface area contributed by atoms with Crippen LogP contribution in [0.4, 0.5) is 4.79 Å². The smallest absolute Gasteiger partial charge is 0.444 e. The molecule has 6 heteroatoms. The first kappa shape index (κ1) is 13.2. The molecular formula is C13H22BNO4. The normalized spacial score (nSPS) is 37.0. The summed E-state index contributed by atoms with van der Waals surface area (Å²) in [4.78, 5) is 13.6. The van der Waals surface area contributed by atoms with Crippen LogP contribution in [-0.4, -0.2) is 46.9 Å². The lowest BCUT2D eigenvalue weighted by Crippen LogP contribution is -2.71. The summed E-state index contributed by atoms with van der Waals surface area (Å²) < 4.78 is 5.33. The molecule has 0 radical (unpaired) electrons. The van der Waals surface area contributed by atoms with Crippen LogP contribution in [0.1, 0.15) is 40.0 Å². The van der Waals surface area contributed by atoms with Crippen molar-refractivity contribution in [2.45, 2.75) is 50.9 Å². The van der Waals surface area contributed by atoms with E-state index in [2.05, 4.69) is 0 Å². The molecule has 1 amide bonds. The number of likely N-dealkylation sites (tertiary alicyclic amines) is 1. The van der Waals surface area contributed by atoms with Crippen LogP contribution in [0.15, 0.2) is 0 Å². The number of hydrogen-bond acceptors (Lipinski definition) is 4. The highest BCUT2D eigenvalue weighted by Gasteiger charge is 2.75. The zero-order chi connectivity index (χ0) is 14.1. The van der Waals surface area contributed by atoms with Crippen molar-refractivity contribution in [3.05, 3.63) is 0 Å². The molecule has 0 atom stereocenters. The Morgan fingerprint density at radius 1 is 1.26 bits per heavy atom. The number of rotatable bonds is 2. The average Bonchev–Trinajstić information content (AvgIpc) is 1.99. The molecule has 1 saturated heterocycles. The summed E-state index contributed by atoms with van der Waals surface area (Å²) in [6, 6.07) is 0. The maximum atomic E-state index is 11.8. The topological polar surface area (TPSA) is 70.0 Å². The fraction of sp³-hybridized carbons (Fsp3) is 0.923. The summed E-state index contributed by atoms with van der Waals surface area (Å²) in [5.74, 6) is 0.514. The van der Waals surface area contributed by atoms with Gasteiger partial charge in [0.25, 0.3) is 0 Å². The molecule has 1 heterocycles. The first-order valence-electron chi connectivity index (χ1n) is 7.00. The third kappa shape index (κ3) is 1.88. The lowest BCUT2D eigenvalue weighted by molar-refractivity contribution is -0.184. The molecular weight excluding hydrogens is 245 g/mol. The highest BCUT2D eigenvalue weighted by atomic mass is 16.6. The largest absolute Gasteiger partial charge is 0.458 e. The average molecular weight is 267 g/mol. The lowest BCUT2D eigenvalue weighted by Gasteiger charge is -2.75. The van der Waals surface area contributed by atoms with Crippen LogP contribution >= 0.6 is 0 Å². The molecule has 3 aliphatic carbocycles. The molecule has 5 nitrogen and oxygen atoms in total. The Morgan fingerprint density at radius 3 is 2.21 bits per heavy atom. The number of carbonyl (C=O) groups is 1. The fourth-order valence-electron chi connectivity index (χ4n) is 4.00.